The lowest BCUT2D eigenvalue weighted by Crippen LogP contribution is -1.84. The molecule has 58 valence electrons. The standard InChI is InChI=1S/C4H11O3P.H3N/c1-2-3-4-8(5,6)7;/h2-4H2,1H3,(H2,5,6,7);1H3. The molecule has 0 saturated heterocycles. The SMILES string of the molecule is CCCCP(=O)(O)O.N. The second kappa shape index (κ2) is 4.94. The molecule has 0 aromatic heterocycles. The van der Waals surface area contributed by atoms with Crippen LogP contribution in [0.25, 0.3) is 0 Å². The third-order valence-corrected chi connectivity index (χ3v) is 1.70. The van der Waals surface area contributed by atoms with Crippen LogP contribution >= 0.6 is 7.60 Å². The van der Waals surface area contributed by atoms with Gasteiger partial charge in [0.25, 0.3) is 0 Å². The average Bonchev–Trinajstić information content (AvgIpc) is 1.59. The summed E-state index contributed by atoms with van der Waals surface area (Å²) in [5.74, 6) is 0. The number of hydrogen-bond donors (Lipinski definition) is 3. The normalized spacial score (nSPS) is 10.6. The van der Waals surface area contributed by atoms with Crippen LogP contribution in [-0.4, -0.2) is 15.9 Å². The minimum Gasteiger partial charge on any atom is -0.344 e. The number of hydrogen-bond acceptors (Lipinski definition) is 2. The Balaban J connectivity index is 0. The van der Waals surface area contributed by atoms with E-state index >= 15 is 0 Å². The van der Waals surface area contributed by atoms with Gasteiger partial charge >= 0.3 is 7.60 Å². The molecule has 0 saturated carbocycles. The zero-order valence-corrected chi connectivity index (χ0v) is 6.47. The second-order valence-electron chi connectivity index (χ2n) is 1.74. The topological polar surface area (TPSA) is 92.5 Å². The van der Waals surface area contributed by atoms with Crippen LogP contribution in [0.1, 0.15) is 19.8 Å². The van der Waals surface area contributed by atoms with Crippen molar-refractivity contribution in [3.8, 4) is 0 Å². The summed E-state index contributed by atoms with van der Waals surface area (Å²) < 4.78 is 10.1. The molecular weight excluding hydrogens is 141 g/mol. The van der Waals surface area contributed by atoms with E-state index in [4.69, 9.17) is 9.79 Å². The van der Waals surface area contributed by atoms with E-state index in [0.717, 1.165) is 6.42 Å². The van der Waals surface area contributed by atoms with Crippen molar-refractivity contribution in [3.63, 3.8) is 0 Å². The largest absolute Gasteiger partial charge is 0.344 e. The van der Waals surface area contributed by atoms with Gasteiger partial charge in [-0.2, -0.15) is 0 Å². The Labute approximate surface area is 55.0 Å². The first-order valence-corrected chi connectivity index (χ1v) is 4.40. The summed E-state index contributed by atoms with van der Waals surface area (Å²) in [5, 5.41) is 0. The molecule has 0 radical (unpaired) electrons. The minimum atomic E-state index is -3.68. The quantitative estimate of drug-likeness (QED) is 0.532. The maximum atomic E-state index is 10.1. The van der Waals surface area contributed by atoms with Gasteiger partial charge in [-0.3, -0.25) is 4.57 Å². The molecule has 0 aromatic rings. The average molecular weight is 155 g/mol. The van der Waals surface area contributed by atoms with E-state index < -0.39 is 7.60 Å². The van der Waals surface area contributed by atoms with Crippen molar-refractivity contribution in [2.75, 3.05) is 6.16 Å². The van der Waals surface area contributed by atoms with Crippen LogP contribution in [0.4, 0.5) is 0 Å². The highest BCUT2D eigenvalue weighted by molar-refractivity contribution is 7.51. The molecule has 0 spiro atoms. The summed E-state index contributed by atoms with van der Waals surface area (Å²) in [6.07, 6.45) is 1.49. The smallest absolute Gasteiger partial charge is 0.325 e. The van der Waals surface area contributed by atoms with Gasteiger partial charge in [-0.1, -0.05) is 13.3 Å². The van der Waals surface area contributed by atoms with Gasteiger partial charge in [0.15, 0.2) is 0 Å². The van der Waals surface area contributed by atoms with Gasteiger partial charge in [0.05, 0.1) is 0 Å². The molecule has 0 bridgehead atoms. The van der Waals surface area contributed by atoms with Crippen LogP contribution in [0, 0.1) is 0 Å². The fourth-order valence-corrected chi connectivity index (χ4v) is 1.09. The molecule has 0 fully saturated rings. The van der Waals surface area contributed by atoms with Gasteiger partial charge < -0.3 is 15.9 Å². The highest BCUT2D eigenvalue weighted by atomic mass is 31.2. The molecule has 0 amide bonds. The summed E-state index contributed by atoms with van der Waals surface area (Å²) >= 11 is 0. The Bertz CT molecular complexity index is 100.0. The zero-order chi connectivity index (χ0) is 6.62. The molecule has 9 heavy (non-hydrogen) atoms. The van der Waals surface area contributed by atoms with Crippen LogP contribution < -0.4 is 6.15 Å². The van der Waals surface area contributed by atoms with Gasteiger partial charge in [0, 0.05) is 6.16 Å². The van der Waals surface area contributed by atoms with Crippen molar-refractivity contribution in [2.24, 2.45) is 0 Å². The first kappa shape index (κ1) is 11.9. The summed E-state index contributed by atoms with van der Waals surface area (Å²) in [5.41, 5.74) is 0. The van der Waals surface area contributed by atoms with E-state index in [-0.39, 0.29) is 12.3 Å². The molecule has 0 unspecified atom stereocenters. The maximum absolute atomic E-state index is 10.1. The Morgan fingerprint density at radius 1 is 1.44 bits per heavy atom. The van der Waals surface area contributed by atoms with Crippen molar-refractivity contribution in [3.05, 3.63) is 0 Å². The van der Waals surface area contributed by atoms with Crippen molar-refractivity contribution in [1.29, 1.82) is 0 Å². The molecule has 5 heteroatoms. The van der Waals surface area contributed by atoms with Gasteiger partial charge in [-0.05, 0) is 6.42 Å². The Morgan fingerprint density at radius 2 is 1.89 bits per heavy atom. The first-order chi connectivity index (χ1) is 3.56. The molecule has 0 aliphatic carbocycles. The van der Waals surface area contributed by atoms with Gasteiger partial charge in [-0.15, -0.1) is 0 Å². The van der Waals surface area contributed by atoms with Crippen LogP contribution in [-0.2, 0) is 4.57 Å². The predicted octanol–water partition coefficient (Wildman–Crippen LogP) is 1.13. The molecule has 4 nitrogen and oxygen atoms in total. The van der Waals surface area contributed by atoms with Crippen molar-refractivity contribution >= 4 is 7.60 Å². The van der Waals surface area contributed by atoms with Crippen LogP contribution in [0.15, 0.2) is 0 Å². The fraction of sp³-hybridized carbons (Fsp3) is 1.00. The third kappa shape index (κ3) is 11.6. The predicted molar refractivity (Wildman–Crippen MR) is 36.8 cm³/mol. The molecule has 0 atom stereocenters. The van der Waals surface area contributed by atoms with Gasteiger partial charge in [-0.25, -0.2) is 0 Å². The van der Waals surface area contributed by atoms with E-state index in [1.165, 1.54) is 0 Å². The van der Waals surface area contributed by atoms with E-state index in [1.54, 1.807) is 0 Å². The van der Waals surface area contributed by atoms with Crippen LogP contribution in [0.3, 0.4) is 0 Å². The molecular formula is C4H14NO3P. The summed E-state index contributed by atoms with van der Waals surface area (Å²) in [7, 11) is -3.68. The molecule has 0 aromatic carbocycles. The summed E-state index contributed by atoms with van der Waals surface area (Å²) in [6.45, 7) is 1.90. The van der Waals surface area contributed by atoms with E-state index in [9.17, 15) is 4.57 Å². The summed E-state index contributed by atoms with van der Waals surface area (Å²) in [4.78, 5) is 16.5. The fourth-order valence-electron chi connectivity index (χ4n) is 0.364. The molecule has 0 aliphatic heterocycles. The van der Waals surface area contributed by atoms with Crippen molar-refractivity contribution in [2.45, 2.75) is 19.8 Å². The van der Waals surface area contributed by atoms with Gasteiger partial charge in [0.1, 0.15) is 0 Å². The lowest BCUT2D eigenvalue weighted by atomic mass is 10.4. The van der Waals surface area contributed by atoms with E-state index in [2.05, 4.69) is 0 Å². The van der Waals surface area contributed by atoms with Crippen molar-refractivity contribution < 1.29 is 14.4 Å². The highest BCUT2D eigenvalue weighted by Gasteiger charge is 2.09. The molecule has 5 N–H and O–H groups in total. The third-order valence-electron chi connectivity index (χ3n) is 0.803. The van der Waals surface area contributed by atoms with Crippen LogP contribution in [0.5, 0.6) is 0 Å². The lowest BCUT2D eigenvalue weighted by Gasteiger charge is -1.98. The Hall–Kier alpha value is 0.110. The number of unbranched alkanes of at least 4 members (excludes halogenated alkanes) is 1. The number of rotatable bonds is 3. The second-order valence-corrected chi connectivity index (χ2v) is 3.52. The maximum Gasteiger partial charge on any atom is 0.325 e. The van der Waals surface area contributed by atoms with Crippen LogP contribution in [0.2, 0.25) is 0 Å². The van der Waals surface area contributed by atoms with E-state index in [0.29, 0.717) is 6.42 Å². The Kier molecular flexibility index (Phi) is 6.51. The van der Waals surface area contributed by atoms with Gasteiger partial charge in [0.2, 0.25) is 0 Å². The lowest BCUT2D eigenvalue weighted by molar-refractivity contribution is 0.371. The highest BCUT2D eigenvalue weighted by Crippen LogP contribution is 2.34. The molecule has 0 heterocycles. The monoisotopic (exact) mass is 155 g/mol. The first-order valence-electron chi connectivity index (χ1n) is 2.61. The molecule has 0 aliphatic rings. The minimum absolute atomic E-state index is 0. The summed E-state index contributed by atoms with van der Waals surface area (Å²) in [6, 6.07) is 0. The molecule has 0 rings (SSSR count). The van der Waals surface area contributed by atoms with E-state index in [1.807, 2.05) is 6.92 Å². The Morgan fingerprint density at radius 3 is 2.00 bits per heavy atom. The van der Waals surface area contributed by atoms with Crippen molar-refractivity contribution in [1.82, 2.24) is 6.15 Å². The zero-order valence-electron chi connectivity index (χ0n) is 5.58.